The molecule has 0 spiro atoms. The number of ether oxygens (including phenoxy) is 1. The normalized spacial score (nSPS) is 12.2. The highest BCUT2D eigenvalue weighted by atomic mass is 79.9. The van der Waals surface area contributed by atoms with Crippen LogP contribution in [0.4, 0.5) is 5.69 Å². The highest BCUT2D eigenvalue weighted by Crippen LogP contribution is 2.28. The maximum absolute atomic E-state index is 12.5. The molecule has 0 aliphatic carbocycles. The van der Waals surface area contributed by atoms with Crippen LogP contribution in [0.5, 0.6) is 5.75 Å². The van der Waals surface area contributed by atoms with Gasteiger partial charge in [-0.05, 0) is 57.9 Å². The van der Waals surface area contributed by atoms with Crippen LogP contribution in [-0.4, -0.2) is 11.3 Å². The number of halogens is 2. The van der Waals surface area contributed by atoms with Crippen LogP contribution in [0.2, 0.25) is 0 Å². The topological polar surface area (TPSA) is 52.3 Å². The highest BCUT2D eigenvalue weighted by Gasteiger charge is 2.12. The lowest BCUT2D eigenvalue weighted by Crippen LogP contribution is -1.99. The summed E-state index contributed by atoms with van der Waals surface area (Å²) in [7, 11) is 0.449. The van der Waals surface area contributed by atoms with E-state index in [1.807, 2.05) is 18.2 Å². The number of rotatable bonds is 4. The number of nitrogens with two attached hydrogens (primary N) is 1. The monoisotopic (exact) mass is 417 g/mol. The van der Waals surface area contributed by atoms with E-state index in [9.17, 15) is 4.21 Å². The predicted molar refractivity (Wildman–Crippen MR) is 89.4 cm³/mol. The first kappa shape index (κ1) is 15.5. The number of anilines is 1. The molecule has 0 bridgehead atoms. The van der Waals surface area contributed by atoms with E-state index in [4.69, 9.17) is 10.5 Å². The molecule has 6 heteroatoms. The van der Waals surface area contributed by atoms with E-state index < -0.39 is 10.8 Å². The lowest BCUT2D eigenvalue weighted by Gasteiger charge is -2.09. The molecule has 0 amide bonds. The lowest BCUT2D eigenvalue weighted by molar-refractivity contribution is 0.414. The molecule has 0 fully saturated rings. The van der Waals surface area contributed by atoms with Crippen molar-refractivity contribution in [2.45, 2.75) is 10.6 Å². The first-order valence-electron chi connectivity index (χ1n) is 5.77. The molecule has 1 atom stereocenters. The summed E-state index contributed by atoms with van der Waals surface area (Å²) in [5.41, 5.74) is 7.26. The van der Waals surface area contributed by atoms with Crippen LogP contribution in [0.3, 0.4) is 0 Å². The molecule has 0 saturated heterocycles. The van der Waals surface area contributed by atoms with Gasteiger partial charge in [0.2, 0.25) is 0 Å². The van der Waals surface area contributed by atoms with Gasteiger partial charge >= 0.3 is 0 Å². The van der Waals surface area contributed by atoms with Crippen LogP contribution in [0.25, 0.3) is 0 Å². The summed E-state index contributed by atoms with van der Waals surface area (Å²) in [6, 6.07) is 10.9. The number of nitrogen functional groups attached to an aromatic ring is 1. The van der Waals surface area contributed by atoms with Gasteiger partial charge in [0.25, 0.3) is 0 Å². The van der Waals surface area contributed by atoms with E-state index in [-0.39, 0.29) is 0 Å². The first-order valence-corrected chi connectivity index (χ1v) is 8.67. The number of methoxy groups -OCH3 is 1. The van der Waals surface area contributed by atoms with Gasteiger partial charge in [0.1, 0.15) is 5.75 Å². The van der Waals surface area contributed by atoms with Gasteiger partial charge in [-0.25, -0.2) is 0 Å². The van der Waals surface area contributed by atoms with Gasteiger partial charge in [-0.15, -0.1) is 0 Å². The molecule has 20 heavy (non-hydrogen) atoms. The maximum atomic E-state index is 12.5. The van der Waals surface area contributed by atoms with Crippen molar-refractivity contribution in [3.05, 3.63) is 50.9 Å². The Morgan fingerprint density at radius 3 is 2.55 bits per heavy atom. The fraction of sp³-hybridized carbons (Fsp3) is 0.143. The van der Waals surface area contributed by atoms with Gasteiger partial charge in [0.15, 0.2) is 0 Å². The molecular formula is C14H13Br2NO2S. The molecule has 106 valence electrons. The minimum Gasteiger partial charge on any atom is -0.497 e. The van der Waals surface area contributed by atoms with Gasteiger partial charge in [-0.3, -0.25) is 4.21 Å². The molecule has 0 aromatic heterocycles. The molecule has 2 rings (SSSR count). The van der Waals surface area contributed by atoms with E-state index in [1.54, 1.807) is 25.3 Å². The molecular weight excluding hydrogens is 406 g/mol. The molecule has 2 N–H and O–H groups in total. The van der Waals surface area contributed by atoms with E-state index >= 15 is 0 Å². The average molecular weight is 419 g/mol. The zero-order chi connectivity index (χ0) is 14.7. The average Bonchev–Trinajstić information content (AvgIpc) is 2.41. The van der Waals surface area contributed by atoms with Crippen LogP contribution < -0.4 is 10.5 Å². The molecule has 0 saturated carbocycles. The van der Waals surface area contributed by atoms with Crippen molar-refractivity contribution in [3.63, 3.8) is 0 Å². The Balaban J connectivity index is 2.27. The van der Waals surface area contributed by atoms with Crippen molar-refractivity contribution in [2.24, 2.45) is 0 Å². The SMILES string of the molecule is COc1ccc(Br)c(CS(=O)c2ccc(N)cc2Br)c1. The van der Waals surface area contributed by atoms with Gasteiger partial charge < -0.3 is 10.5 Å². The van der Waals surface area contributed by atoms with Gasteiger partial charge in [-0.1, -0.05) is 15.9 Å². The van der Waals surface area contributed by atoms with E-state index in [1.165, 1.54) is 0 Å². The van der Waals surface area contributed by atoms with Crippen molar-refractivity contribution in [2.75, 3.05) is 12.8 Å². The third-order valence-electron chi connectivity index (χ3n) is 2.74. The second-order valence-corrected chi connectivity index (χ2v) is 7.27. The van der Waals surface area contributed by atoms with E-state index in [2.05, 4.69) is 31.9 Å². The Labute approximate surface area is 137 Å². The molecule has 0 aliphatic heterocycles. The Kier molecular flexibility index (Phi) is 5.23. The predicted octanol–water partition coefficient (Wildman–Crippen LogP) is 4.11. The van der Waals surface area contributed by atoms with Crippen molar-refractivity contribution >= 4 is 48.3 Å². The third kappa shape index (κ3) is 3.62. The Morgan fingerprint density at radius 1 is 1.15 bits per heavy atom. The fourth-order valence-corrected chi connectivity index (χ4v) is 4.39. The summed E-state index contributed by atoms with van der Waals surface area (Å²) in [5.74, 6) is 1.15. The van der Waals surface area contributed by atoms with Crippen LogP contribution in [0.1, 0.15) is 5.56 Å². The highest BCUT2D eigenvalue weighted by molar-refractivity contribution is 9.10. The second-order valence-electron chi connectivity index (χ2n) is 4.14. The maximum Gasteiger partial charge on any atom is 0.119 e. The molecule has 0 aliphatic rings. The summed E-state index contributed by atoms with van der Waals surface area (Å²) in [4.78, 5) is 0.730. The van der Waals surface area contributed by atoms with Gasteiger partial charge in [0, 0.05) is 14.6 Å². The van der Waals surface area contributed by atoms with E-state index in [0.29, 0.717) is 11.4 Å². The standard InChI is InChI=1S/C14H13Br2NO2S/c1-19-11-3-4-12(15)9(6-11)8-20(18)14-5-2-10(17)7-13(14)16/h2-7H,8,17H2,1H3. The Morgan fingerprint density at radius 2 is 1.90 bits per heavy atom. The minimum absolute atomic E-state index is 0.403. The molecule has 0 heterocycles. The second kappa shape index (κ2) is 6.74. The number of hydrogen-bond acceptors (Lipinski definition) is 3. The van der Waals surface area contributed by atoms with Crippen LogP contribution in [0, 0.1) is 0 Å². The summed E-state index contributed by atoms with van der Waals surface area (Å²) >= 11 is 6.87. The molecule has 2 aromatic rings. The minimum atomic E-state index is -1.16. The van der Waals surface area contributed by atoms with Gasteiger partial charge in [-0.2, -0.15) is 0 Å². The summed E-state index contributed by atoms with van der Waals surface area (Å²) in [6.45, 7) is 0. The lowest BCUT2D eigenvalue weighted by atomic mass is 10.2. The van der Waals surface area contributed by atoms with Crippen LogP contribution >= 0.6 is 31.9 Å². The molecule has 3 nitrogen and oxygen atoms in total. The third-order valence-corrected chi connectivity index (χ3v) is 5.85. The van der Waals surface area contributed by atoms with Crippen molar-refractivity contribution in [1.82, 2.24) is 0 Å². The molecule has 0 radical (unpaired) electrons. The fourth-order valence-electron chi connectivity index (χ4n) is 1.71. The van der Waals surface area contributed by atoms with Crippen LogP contribution in [-0.2, 0) is 16.6 Å². The zero-order valence-corrected chi connectivity index (χ0v) is 14.7. The Hall–Kier alpha value is -0.850. The first-order chi connectivity index (χ1) is 9.51. The van der Waals surface area contributed by atoms with E-state index in [0.717, 1.165) is 25.2 Å². The largest absolute Gasteiger partial charge is 0.497 e. The zero-order valence-electron chi connectivity index (χ0n) is 10.7. The summed E-state index contributed by atoms with van der Waals surface area (Å²) in [6.07, 6.45) is 0. The van der Waals surface area contributed by atoms with Crippen LogP contribution in [0.15, 0.2) is 50.2 Å². The number of hydrogen-bond donors (Lipinski definition) is 1. The van der Waals surface area contributed by atoms with Crippen molar-refractivity contribution in [3.8, 4) is 5.75 Å². The summed E-state index contributed by atoms with van der Waals surface area (Å²) < 4.78 is 19.3. The molecule has 2 aromatic carbocycles. The quantitative estimate of drug-likeness (QED) is 0.760. The molecule has 1 unspecified atom stereocenters. The van der Waals surface area contributed by atoms with Crippen molar-refractivity contribution in [1.29, 1.82) is 0 Å². The van der Waals surface area contributed by atoms with Gasteiger partial charge in [0.05, 0.1) is 28.6 Å². The summed E-state index contributed by atoms with van der Waals surface area (Å²) in [5, 5.41) is 0. The Bertz CT molecular complexity index is 662. The van der Waals surface area contributed by atoms with Crippen molar-refractivity contribution < 1.29 is 8.95 Å². The number of benzene rings is 2. The smallest absolute Gasteiger partial charge is 0.119 e.